The zero-order valence-electron chi connectivity index (χ0n) is 8.98. The van der Waals surface area contributed by atoms with Crippen LogP contribution in [0.2, 0.25) is 5.02 Å². The first-order valence-corrected chi connectivity index (χ1v) is 6.82. The summed E-state index contributed by atoms with van der Waals surface area (Å²) in [5.74, 6) is 0. The molecule has 0 aliphatic heterocycles. The molecule has 0 amide bonds. The minimum absolute atomic E-state index is 0.165. The number of nitrogens with one attached hydrogen (secondary N) is 1. The van der Waals surface area contributed by atoms with Crippen molar-refractivity contribution in [3.05, 3.63) is 29.3 Å². The lowest BCUT2D eigenvalue weighted by atomic mass is 10.2. The average Bonchev–Trinajstić information content (AvgIpc) is 2.26. The number of hydrogen-bond donors (Lipinski definition) is 2. The van der Waals surface area contributed by atoms with Crippen LogP contribution < -0.4 is 10.5 Å². The molecule has 1 aromatic rings. The Morgan fingerprint density at radius 1 is 1.38 bits per heavy atom. The summed E-state index contributed by atoms with van der Waals surface area (Å²) in [5.41, 5.74) is 5.63. The summed E-state index contributed by atoms with van der Waals surface area (Å²) in [6.07, 6.45) is 0.725. The first kappa shape index (κ1) is 13.4. The van der Waals surface area contributed by atoms with Gasteiger partial charge in [-0.25, -0.2) is 13.1 Å². The van der Waals surface area contributed by atoms with Crippen LogP contribution in [0.1, 0.15) is 13.3 Å². The van der Waals surface area contributed by atoms with Crippen molar-refractivity contribution in [2.45, 2.75) is 24.3 Å². The molecule has 0 saturated heterocycles. The van der Waals surface area contributed by atoms with E-state index in [0.29, 0.717) is 5.02 Å². The molecule has 0 aromatic heterocycles. The highest BCUT2D eigenvalue weighted by Crippen LogP contribution is 2.13. The first-order chi connectivity index (χ1) is 7.45. The van der Waals surface area contributed by atoms with Gasteiger partial charge in [0.25, 0.3) is 0 Å². The van der Waals surface area contributed by atoms with Crippen LogP contribution in [0, 0.1) is 0 Å². The largest absolute Gasteiger partial charge is 0.327 e. The second-order valence-electron chi connectivity index (χ2n) is 3.47. The third-order valence-corrected chi connectivity index (χ3v) is 3.88. The third-order valence-electron chi connectivity index (χ3n) is 2.18. The van der Waals surface area contributed by atoms with Crippen LogP contribution in [0.5, 0.6) is 0 Å². The van der Waals surface area contributed by atoms with Gasteiger partial charge in [-0.05, 0) is 30.7 Å². The molecule has 0 aliphatic rings. The molecular weight excluding hydrogens is 248 g/mol. The van der Waals surface area contributed by atoms with E-state index in [2.05, 4.69) is 4.72 Å². The standard InChI is InChI=1S/C10H15ClN2O2S/c1-2-9(12)7-13-16(14,15)10-5-3-8(11)4-6-10/h3-6,9,13H,2,7,12H2,1H3. The molecule has 0 spiro atoms. The molecule has 0 saturated carbocycles. The fourth-order valence-corrected chi connectivity index (χ4v) is 2.28. The number of hydrogen-bond acceptors (Lipinski definition) is 3. The zero-order valence-corrected chi connectivity index (χ0v) is 10.6. The normalized spacial score (nSPS) is 13.7. The monoisotopic (exact) mass is 262 g/mol. The zero-order chi connectivity index (χ0) is 12.2. The molecule has 0 bridgehead atoms. The highest BCUT2D eigenvalue weighted by molar-refractivity contribution is 7.89. The molecule has 16 heavy (non-hydrogen) atoms. The quantitative estimate of drug-likeness (QED) is 0.842. The van der Waals surface area contributed by atoms with E-state index in [0.717, 1.165) is 6.42 Å². The van der Waals surface area contributed by atoms with Gasteiger partial charge >= 0.3 is 0 Å². The number of benzene rings is 1. The van der Waals surface area contributed by atoms with Gasteiger partial charge < -0.3 is 5.73 Å². The average molecular weight is 263 g/mol. The Morgan fingerprint density at radius 2 is 1.94 bits per heavy atom. The summed E-state index contributed by atoms with van der Waals surface area (Å²) in [4.78, 5) is 0.195. The predicted molar refractivity (Wildman–Crippen MR) is 64.9 cm³/mol. The molecular formula is C10H15ClN2O2S. The van der Waals surface area contributed by atoms with E-state index in [4.69, 9.17) is 17.3 Å². The van der Waals surface area contributed by atoms with E-state index < -0.39 is 10.0 Å². The second-order valence-corrected chi connectivity index (χ2v) is 5.68. The maximum atomic E-state index is 11.8. The number of rotatable bonds is 5. The molecule has 1 aromatic carbocycles. The molecule has 0 radical (unpaired) electrons. The lowest BCUT2D eigenvalue weighted by Gasteiger charge is -2.10. The Morgan fingerprint density at radius 3 is 2.44 bits per heavy atom. The van der Waals surface area contributed by atoms with Crippen molar-refractivity contribution in [3.63, 3.8) is 0 Å². The van der Waals surface area contributed by atoms with Crippen LogP contribution in [-0.4, -0.2) is 21.0 Å². The highest BCUT2D eigenvalue weighted by atomic mass is 35.5. The van der Waals surface area contributed by atoms with Crippen molar-refractivity contribution in [3.8, 4) is 0 Å². The fourth-order valence-electron chi connectivity index (χ4n) is 1.06. The van der Waals surface area contributed by atoms with Crippen molar-refractivity contribution in [1.29, 1.82) is 0 Å². The minimum Gasteiger partial charge on any atom is -0.327 e. The summed E-state index contributed by atoms with van der Waals surface area (Å²) in [6, 6.07) is 5.83. The smallest absolute Gasteiger partial charge is 0.240 e. The molecule has 4 nitrogen and oxygen atoms in total. The SMILES string of the molecule is CCC(N)CNS(=O)(=O)c1ccc(Cl)cc1. The highest BCUT2D eigenvalue weighted by Gasteiger charge is 2.14. The molecule has 0 heterocycles. The van der Waals surface area contributed by atoms with E-state index in [-0.39, 0.29) is 17.5 Å². The molecule has 3 N–H and O–H groups in total. The van der Waals surface area contributed by atoms with Gasteiger partial charge in [-0.1, -0.05) is 18.5 Å². The van der Waals surface area contributed by atoms with E-state index >= 15 is 0 Å². The fraction of sp³-hybridized carbons (Fsp3) is 0.400. The summed E-state index contributed by atoms with van der Waals surface area (Å²) >= 11 is 5.68. The predicted octanol–water partition coefficient (Wildman–Crippen LogP) is 1.36. The second kappa shape index (κ2) is 5.63. The first-order valence-electron chi connectivity index (χ1n) is 4.96. The van der Waals surface area contributed by atoms with Crippen molar-refractivity contribution in [2.24, 2.45) is 5.73 Å². The van der Waals surface area contributed by atoms with Crippen molar-refractivity contribution < 1.29 is 8.42 Å². The van der Waals surface area contributed by atoms with E-state index in [1.807, 2.05) is 6.92 Å². The van der Waals surface area contributed by atoms with Crippen molar-refractivity contribution >= 4 is 21.6 Å². The topological polar surface area (TPSA) is 72.2 Å². The van der Waals surface area contributed by atoms with Gasteiger partial charge in [0.1, 0.15) is 0 Å². The summed E-state index contributed by atoms with van der Waals surface area (Å²) in [6.45, 7) is 2.14. The van der Waals surface area contributed by atoms with E-state index in [1.165, 1.54) is 24.3 Å². The van der Waals surface area contributed by atoms with Crippen LogP contribution in [0.25, 0.3) is 0 Å². The van der Waals surface area contributed by atoms with E-state index in [1.54, 1.807) is 0 Å². The van der Waals surface area contributed by atoms with Gasteiger partial charge in [0.15, 0.2) is 0 Å². The van der Waals surface area contributed by atoms with Gasteiger partial charge in [0.05, 0.1) is 4.90 Å². The molecule has 1 unspecified atom stereocenters. The molecule has 1 atom stereocenters. The van der Waals surface area contributed by atoms with Crippen LogP contribution in [0.4, 0.5) is 0 Å². The molecule has 6 heteroatoms. The maximum absolute atomic E-state index is 11.8. The third kappa shape index (κ3) is 3.75. The van der Waals surface area contributed by atoms with Gasteiger partial charge in [-0.15, -0.1) is 0 Å². The molecule has 1 rings (SSSR count). The number of sulfonamides is 1. The Labute approximate surface area is 101 Å². The number of nitrogens with two attached hydrogens (primary N) is 1. The van der Waals surface area contributed by atoms with Gasteiger partial charge in [0.2, 0.25) is 10.0 Å². The Balaban J connectivity index is 2.74. The summed E-state index contributed by atoms with van der Waals surface area (Å²) < 4.78 is 26.0. The maximum Gasteiger partial charge on any atom is 0.240 e. The lowest BCUT2D eigenvalue weighted by Crippen LogP contribution is -2.36. The van der Waals surface area contributed by atoms with Crippen molar-refractivity contribution in [2.75, 3.05) is 6.54 Å². The molecule has 90 valence electrons. The Bertz CT molecular complexity index is 431. The van der Waals surface area contributed by atoms with Gasteiger partial charge in [-0.3, -0.25) is 0 Å². The van der Waals surface area contributed by atoms with Crippen LogP contribution in [-0.2, 0) is 10.0 Å². The Kier molecular flexibility index (Phi) is 4.73. The molecule has 0 fully saturated rings. The summed E-state index contributed by atoms with van der Waals surface area (Å²) in [7, 11) is -3.47. The van der Waals surface area contributed by atoms with E-state index in [9.17, 15) is 8.42 Å². The molecule has 0 aliphatic carbocycles. The van der Waals surface area contributed by atoms with Gasteiger partial charge in [0, 0.05) is 17.6 Å². The lowest BCUT2D eigenvalue weighted by molar-refractivity contribution is 0.564. The van der Waals surface area contributed by atoms with Crippen LogP contribution in [0.15, 0.2) is 29.2 Å². The van der Waals surface area contributed by atoms with Crippen molar-refractivity contribution in [1.82, 2.24) is 4.72 Å². The minimum atomic E-state index is -3.47. The summed E-state index contributed by atoms with van der Waals surface area (Å²) in [5, 5.41) is 0.504. The Hall–Kier alpha value is -0.620. The number of halogens is 1. The van der Waals surface area contributed by atoms with Crippen LogP contribution in [0.3, 0.4) is 0 Å². The van der Waals surface area contributed by atoms with Crippen LogP contribution >= 0.6 is 11.6 Å². The van der Waals surface area contributed by atoms with Gasteiger partial charge in [-0.2, -0.15) is 0 Å².